The molecule has 86 valence electrons. The van der Waals surface area contributed by atoms with Crippen molar-refractivity contribution in [1.29, 1.82) is 0 Å². The zero-order valence-electron chi connectivity index (χ0n) is 10.1. The first-order valence-electron chi connectivity index (χ1n) is 5.87. The molecule has 0 spiro atoms. The van der Waals surface area contributed by atoms with Gasteiger partial charge < -0.3 is 10.3 Å². The smallest absolute Gasteiger partial charge is 0.126 e. The highest BCUT2D eigenvalue weighted by Gasteiger charge is 2.16. The summed E-state index contributed by atoms with van der Waals surface area (Å²) in [7, 11) is 0. The molecule has 0 saturated carbocycles. The molecule has 1 aromatic heterocycles. The van der Waals surface area contributed by atoms with Gasteiger partial charge >= 0.3 is 0 Å². The van der Waals surface area contributed by atoms with E-state index in [0.717, 1.165) is 17.8 Å². The van der Waals surface area contributed by atoms with Gasteiger partial charge in [-0.15, -0.1) is 0 Å². The summed E-state index contributed by atoms with van der Waals surface area (Å²) >= 11 is 0. The second-order valence-electron chi connectivity index (χ2n) is 4.37. The third-order valence-electron chi connectivity index (χ3n) is 3.06. The number of rotatable bonds is 3. The first-order valence-corrected chi connectivity index (χ1v) is 5.87. The number of aromatic nitrogens is 2. The van der Waals surface area contributed by atoms with Crippen molar-refractivity contribution in [2.45, 2.75) is 39.3 Å². The van der Waals surface area contributed by atoms with E-state index in [-0.39, 0.29) is 6.04 Å². The number of hydrogen-bond donors (Lipinski definition) is 1. The highest BCUT2D eigenvalue weighted by atomic mass is 15.1. The van der Waals surface area contributed by atoms with Crippen LogP contribution < -0.4 is 5.73 Å². The molecule has 0 bridgehead atoms. The minimum atomic E-state index is -0.0265. The van der Waals surface area contributed by atoms with E-state index in [1.165, 1.54) is 5.52 Å². The molecule has 2 aromatic rings. The summed E-state index contributed by atoms with van der Waals surface area (Å²) < 4.78 is 2.26. The topological polar surface area (TPSA) is 43.8 Å². The molecule has 0 amide bonds. The van der Waals surface area contributed by atoms with Crippen molar-refractivity contribution in [1.82, 2.24) is 9.55 Å². The van der Waals surface area contributed by atoms with Gasteiger partial charge in [-0.3, -0.25) is 0 Å². The number of benzene rings is 1. The zero-order chi connectivity index (χ0) is 11.7. The van der Waals surface area contributed by atoms with E-state index in [1.807, 2.05) is 25.1 Å². The van der Waals surface area contributed by atoms with Crippen LogP contribution in [0.2, 0.25) is 0 Å². The third-order valence-corrected chi connectivity index (χ3v) is 3.06. The fourth-order valence-corrected chi connectivity index (χ4v) is 2.03. The van der Waals surface area contributed by atoms with Crippen molar-refractivity contribution < 1.29 is 0 Å². The lowest BCUT2D eigenvalue weighted by Gasteiger charge is -2.17. The summed E-state index contributed by atoms with van der Waals surface area (Å²) in [5.41, 5.74) is 8.21. The maximum Gasteiger partial charge on any atom is 0.126 e. The van der Waals surface area contributed by atoms with E-state index in [4.69, 9.17) is 5.73 Å². The highest BCUT2D eigenvalue weighted by Crippen LogP contribution is 2.25. The van der Waals surface area contributed by atoms with Crippen molar-refractivity contribution in [2.75, 3.05) is 0 Å². The van der Waals surface area contributed by atoms with E-state index < -0.39 is 0 Å². The van der Waals surface area contributed by atoms with Gasteiger partial charge in [0, 0.05) is 6.04 Å². The van der Waals surface area contributed by atoms with Crippen LogP contribution in [0.4, 0.5) is 0 Å². The molecule has 3 nitrogen and oxygen atoms in total. The van der Waals surface area contributed by atoms with Crippen molar-refractivity contribution in [3.63, 3.8) is 0 Å². The summed E-state index contributed by atoms with van der Waals surface area (Å²) in [6, 6.07) is 8.63. The Morgan fingerprint density at radius 1 is 1.31 bits per heavy atom. The molecule has 0 saturated heterocycles. The van der Waals surface area contributed by atoms with E-state index in [0.29, 0.717) is 6.04 Å². The van der Waals surface area contributed by atoms with Gasteiger partial charge in [-0.1, -0.05) is 19.1 Å². The van der Waals surface area contributed by atoms with Crippen molar-refractivity contribution in [2.24, 2.45) is 5.73 Å². The Bertz CT molecular complexity index is 485. The molecule has 2 rings (SSSR count). The Morgan fingerprint density at radius 3 is 2.62 bits per heavy atom. The Morgan fingerprint density at radius 2 is 2.00 bits per heavy atom. The van der Waals surface area contributed by atoms with Gasteiger partial charge in [0.15, 0.2) is 0 Å². The van der Waals surface area contributed by atoms with Crippen LogP contribution in [0.15, 0.2) is 24.3 Å². The number of nitrogens with zero attached hydrogens (tertiary/aromatic N) is 2. The summed E-state index contributed by atoms with van der Waals surface area (Å²) in [6.45, 7) is 6.38. The van der Waals surface area contributed by atoms with E-state index in [9.17, 15) is 0 Å². The molecule has 2 N–H and O–H groups in total. The summed E-state index contributed by atoms with van der Waals surface area (Å²) in [5, 5.41) is 0. The maximum absolute atomic E-state index is 5.99. The predicted molar refractivity (Wildman–Crippen MR) is 67.3 cm³/mol. The largest absolute Gasteiger partial charge is 0.324 e. The average Bonchev–Trinajstić information content (AvgIpc) is 2.67. The lowest BCUT2D eigenvalue weighted by atomic mass is 10.2. The highest BCUT2D eigenvalue weighted by molar-refractivity contribution is 5.76. The summed E-state index contributed by atoms with van der Waals surface area (Å²) in [4.78, 5) is 4.62. The number of fused-ring (bicyclic) bond motifs is 1. The molecule has 0 aliphatic heterocycles. The van der Waals surface area contributed by atoms with Gasteiger partial charge in [0.25, 0.3) is 0 Å². The van der Waals surface area contributed by atoms with E-state index in [2.05, 4.69) is 29.5 Å². The quantitative estimate of drug-likeness (QED) is 0.858. The van der Waals surface area contributed by atoms with Crippen LogP contribution in [0.5, 0.6) is 0 Å². The molecule has 1 heterocycles. The van der Waals surface area contributed by atoms with Crippen LogP contribution in [0.25, 0.3) is 11.0 Å². The van der Waals surface area contributed by atoms with Crippen LogP contribution in [0, 0.1) is 0 Å². The fraction of sp³-hybridized carbons (Fsp3) is 0.462. The summed E-state index contributed by atoms with van der Waals surface area (Å²) in [5.74, 6) is 0.982. The summed E-state index contributed by atoms with van der Waals surface area (Å²) in [6.07, 6.45) is 1.08. The molecule has 0 radical (unpaired) electrons. The van der Waals surface area contributed by atoms with Crippen LogP contribution in [0.1, 0.15) is 45.1 Å². The Hall–Kier alpha value is -1.35. The molecular weight excluding hydrogens is 198 g/mol. The van der Waals surface area contributed by atoms with Crippen LogP contribution in [-0.2, 0) is 0 Å². The minimum Gasteiger partial charge on any atom is -0.324 e. The number of imidazole rings is 1. The molecular formula is C13H19N3. The molecule has 2 atom stereocenters. The number of nitrogens with two attached hydrogens (primary N) is 1. The number of hydrogen-bond acceptors (Lipinski definition) is 2. The lowest BCUT2D eigenvalue weighted by Crippen LogP contribution is -2.16. The Kier molecular flexibility index (Phi) is 2.97. The standard InChI is InChI=1S/C13H19N3/c1-4-9(2)16-12-8-6-5-7-11(12)15-13(16)10(3)14/h5-10H,4,14H2,1-3H3/t9-,10-/m0/s1. The van der Waals surface area contributed by atoms with Gasteiger partial charge in [-0.05, 0) is 32.4 Å². The molecule has 0 unspecified atom stereocenters. The van der Waals surface area contributed by atoms with Gasteiger partial charge in [-0.25, -0.2) is 4.98 Å². The SMILES string of the molecule is CC[C@H](C)n1c([C@H](C)N)nc2ccccc21. The second kappa shape index (κ2) is 4.26. The van der Waals surface area contributed by atoms with Gasteiger partial charge in [0.1, 0.15) is 5.82 Å². The van der Waals surface area contributed by atoms with Crippen LogP contribution >= 0.6 is 0 Å². The third kappa shape index (κ3) is 1.71. The first-order chi connectivity index (χ1) is 7.65. The normalized spacial score (nSPS) is 15.2. The van der Waals surface area contributed by atoms with E-state index in [1.54, 1.807) is 0 Å². The van der Waals surface area contributed by atoms with Crippen molar-refractivity contribution in [3.8, 4) is 0 Å². The maximum atomic E-state index is 5.99. The fourth-order valence-electron chi connectivity index (χ4n) is 2.03. The van der Waals surface area contributed by atoms with E-state index >= 15 is 0 Å². The van der Waals surface area contributed by atoms with Gasteiger partial charge in [0.2, 0.25) is 0 Å². The molecule has 0 fully saturated rings. The average molecular weight is 217 g/mol. The number of para-hydroxylation sites is 2. The molecule has 16 heavy (non-hydrogen) atoms. The molecule has 3 heteroatoms. The zero-order valence-corrected chi connectivity index (χ0v) is 10.1. The Labute approximate surface area is 96.3 Å². The monoisotopic (exact) mass is 217 g/mol. The van der Waals surface area contributed by atoms with Crippen LogP contribution in [-0.4, -0.2) is 9.55 Å². The predicted octanol–water partition coefficient (Wildman–Crippen LogP) is 3.03. The first kappa shape index (κ1) is 11.1. The van der Waals surface area contributed by atoms with Crippen molar-refractivity contribution in [3.05, 3.63) is 30.1 Å². The Balaban J connectivity index is 2.69. The van der Waals surface area contributed by atoms with Crippen LogP contribution in [0.3, 0.4) is 0 Å². The second-order valence-corrected chi connectivity index (χ2v) is 4.37. The molecule has 0 aliphatic rings. The van der Waals surface area contributed by atoms with Gasteiger partial charge in [-0.2, -0.15) is 0 Å². The van der Waals surface area contributed by atoms with Crippen molar-refractivity contribution >= 4 is 11.0 Å². The minimum absolute atomic E-state index is 0.0265. The van der Waals surface area contributed by atoms with Gasteiger partial charge in [0.05, 0.1) is 17.1 Å². The molecule has 0 aliphatic carbocycles. The molecule has 1 aromatic carbocycles. The lowest BCUT2D eigenvalue weighted by molar-refractivity contribution is 0.506.